The SMILES string of the molecule is CC(C)(Cc1c[nH]c2ccccc12)[S+]([O-])[NH2+][O-]. The fraction of sp³-hybridized carbons (Fsp3) is 0.333. The van der Waals surface area contributed by atoms with Crippen molar-refractivity contribution < 1.29 is 9.44 Å². The van der Waals surface area contributed by atoms with Crippen molar-refractivity contribution in [1.29, 1.82) is 0 Å². The number of H-pyrrole nitrogens is 1. The van der Waals surface area contributed by atoms with Crippen LogP contribution in [0, 0.1) is 5.21 Å². The second kappa shape index (κ2) is 4.70. The number of nitrogens with two attached hydrogens (primary N) is 1. The maximum atomic E-state index is 11.6. The summed E-state index contributed by atoms with van der Waals surface area (Å²) in [6.07, 6.45) is 2.54. The molecule has 0 fully saturated rings. The summed E-state index contributed by atoms with van der Waals surface area (Å²) in [4.78, 5) is 3.70. The highest BCUT2D eigenvalue weighted by Crippen LogP contribution is 2.25. The van der Waals surface area contributed by atoms with Crippen LogP contribution in [0.3, 0.4) is 0 Å². The van der Waals surface area contributed by atoms with Crippen LogP contribution in [0.15, 0.2) is 30.5 Å². The topological polar surface area (TPSA) is 78.5 Å². The summed E-state index contributed by atoms with van der Waals surface area (Å²) < 4.78 is 11.1. The van der Waals surface area contributed by atoms with Crippen LogP contribution in [0.5, 0.6) is 0 Å². The van der Waals surface area contributed by atoms with Gasteiger partial charge in [0, 0.05) is 23.5 Å². The average Bonchev–Trinajstić information content (AvgIpc) is 2.71. The number of quaternary nitrogens is 1. The van der Waals surface area contributed by atoms with Crippen LogP contribution >= 0.6 is 0 Å². The number of fused-ring (bicyclic) bond motifs is 1. The van der Waals surface area contributed by atoms with E-state index in [4.69, 9.17) is 0 Å². The molecule has 2 rings (SSSR count). The Morgan fingerprint density at radius 3 is 2.76 bits per heavy atom. The van der Waals surface area contributed by atoms with Gasteiger partial charge >= 0.3 is 0 Å². The fourth-order valence-electron chi connectivity index (χ4n) is 1.94. The van der Waals surface area contributed by atoms with Gasteiger partial charge in [-0.05, 0) is 25.5 Å². The molecule has 5 heteroatoms. The Balaban J connectivity index is 2.30. The third kappa shape index (κ3) is 2.47. The smallest absolute Gasteiger partial charge is 0.177 e. The Morgan fingerprint density at radius 2 is 2.06 bits per heavy atom. The van der Waals surface area contributed by atoms with Gasteiger partial charge in [-0.25, -0.2) is 0 Å². The van der Waals surface area contributed by atoms with Gasteiger partial charge in [0.05, 0.1) is 0 Å². The molecular formula is C12H16N2O2S. The number of nitrogens with one attached hydrogen (secondary N) is 1. The van der Waals surface area contributed by atoms with E-state index in [9.17, 15) is 9.76 Å². The van der Waals surface area contributed by atoms with Gasteiger partial charge < -0.3 is 14.7 Å². The van der Waals surface area contributed by atoms with Crippen molar-refractivity contribution in [3.8, 4) is 0 Å². The van der Waals surface area contributed by atoms with Gasteiger partial charge in [-0.2, -0.15) is 4.89 Å². The fourth-order valence-corrected chi connectivity index (χ4v) is 2.50. The van der Waals surface area contributed by atoms with Crippen LogP contribution in [-0.2, 0) is 17.8 Å². The number of hydrogen-bond donors (Lipinski definition) is 2. The Morgan fingerprint density at radius 1 is 1.35 bits per heavy atom. The second-order valence-corrected chi connectivity index (χ2v) is 6.58. The van der Waals surface area contributed by atoms with Gasteiger partial charge in [0.15, 0.2) is 16.1 Å². The summed E-state index contributed by atoms with van der Waals surface area (Å²) in [5.74, 6) is 0. The summed E-state index contributed by atoms with van der Waals surface area (Å²) in [7, 11) is 0. The highest BCUT2D eigenvalue weighted by molar-refractivity contribution is 7.86. The van der Waals surface area contributed by atoms with Crippen LogP contribution in [0.25, 0.3) is 10.9 Å². The summed E-state index contributed by atoms with van der Waals surface area (Å²) in [5.41, 5.74) is 2.16. The van der Waals surface area contributed by atoms with Crippen molar-refractivity contribution in [2.75, 3.05) is 0 Å². The van der Waals surface area contributed by atoms with Crippen LogP contribution < -0.4 is 4.89 Å². The lowest BCUT2D eigenvalue weighted by atomic mass is 10.0. The quantitative estimate of drug-likeness (QED) is 0.633. The lowest BCUT2D eigenvalue weighted by Gasteiger charge is -2.24. The summed E-state index contributed by atoms with van der Waals surface area (Å²) in [6.45, 7) is 3.69. The van der Waals surface area contributed by atoms with Crippen molar-refractivity contribution in [1.82, 2.24) is 4.98 Å². The van der Waals surface area contributed by atoms with E-state index in [0.29, 0.717) is 11.3 Å². The van der Waals surface area contributed by atoms with E-state index >= 15 is 0 Å². The predicted octanol–water partition coefficient (Wildman–Crippen LogP) is 1.21. The summed E-state index contributed by atoms with van der Waals surface area (Å²) >= 11 is -1.46. The van der Waals surface area contributed by atoms with E-state index in [0.717, 1.165) is 16.5 Å². The normalized spacial score (nSPS) is 14.1. The van der Waals surface area contributed by atoms with Crippen molar-refractivity contribution in [2.24, 2.45) is 0 Å². The Labute approximate surface area is 103 Å². The molecule has 0 aliphatic rings. The first-order chi connectivity index (χ1) is 8.04. The molecule has 0 aliphatic carbocycles. The first-order valence-electron chi connectivity index (χ1n) is 5.45. The minimum Gasteiger partial charge on any atom is -0.590 e. The van der Waals surface area contributed by atoms with Gasteiger partial charge in [-0.1, -0.05) is 18.2 Å². The molecule has 2 aromatic rings. The van der Waals surface area contributed by atoms with Crippen molar-refractivity contribution in [2.45, 2.75) is 25.0 Å². The maximum absolute atomic E-state index is 11.6. The number of para-hydroxylation sites is 1. The molecule has 17 heavy (non-hydrogen) atoms. The third-order valence-electron chi connectivity index (χ3n) is 2.92. The zero-order chi connectivity index (χ0) is 12.5. The number of hydrogen-bond acceptors (Lipinski definition) is 2. The van der Waals surface area contributed by atoms with Crippen molar-refractivity contribution in [3.05, 3.63) is 41.2 Å². The van der Waals surface area contributed by atoms with Gasteiger partial charge in [0.1, 0.15) is 0 Å². The molecule has 0 radical (unpaired) electrons. The van der Waals surface area contributed by atoms with Gasteiger partial charge in [-0.3, -0.25) is 0 Å². The highest BCUT2D eigenvalue weighted by Gasteiger charge is 2.35. The van der Waals surface area contributed by atoms with Gasteiger partial charge in [-0.15, -0.1) is 0 Å². The Kier molecular flexibility index (Phi) is 3.44. The second-order valence-electron chi connectivity index (χ2n) is 4.69. The first-order valence-corrected chi connectivity index (χ1v) is 6.67. The molecule has 92 valence electrons. The average molecular weight is 252 g/mol. The van der Waals surface area contributed by atoms with Gasteiger partial charge in [0.25, 0.3) is 0 Å². The van der Waals surface area contributed by atoms with Crippen LogP contribution in [0.4, 0.5) is 0 Å². The minimum atomic E-state index is -1.46. The maximum Gasteiger partial charge on any atom is 0.177 e. The molecule has 1 heterocycles. The molecule has 0 saturated heterocycles. The molecule has 1 aromatic heterocycles. The van der Waals surface area contributed by atoms with Crippen LogP contribution in [-0.4, -0.2) is 14.3 Å². The number of rotatable bonds is 4. The molecule has 0 spiro atoms. The lowest BCUT2D eigenvalue weighted by Crippen LogP contribution is -2.85. The molecule has 3 N–H and O–H groups in total. The minimum absolute atomic E-state index is 0.523. The number of aromatic amines is 1. The van der Waals surface area contributed by atoms with Gasteiger partial charge in [0.2, 0.25) is 0 Å². The molecule has 0 saturated carbocycles. The van der Waals surface area contributed by atoms with Crippen molar-refractivity contribution >= 4 is 22.3 Å². The van der Waals surface area contributed by atoms with E-state index in [-0.39, 0.29) is 0 Å². The largest absolute Gasteiger partial charge is 0.590 e. The third-order valence-corrected chi connectivity index (χ3v) is 4.33. The Bertz CT molecular complexity index is 510. The summed E-state index contributed by atoms with van der Waals surface area (Å²) in [5, 5.41) is 11.8. The van der Waals surface area contributed by atoms with Crippen LogP contribution in [0.1, 0.15) is 19.4 Å². The molecule has 1 aromatic carbocycles. The molecular weight excluding hydrogens is 236 g/mol. The number of benzene rings is 1. The van der Waals surface area contributed by atoms with Crippen molar-refractivity contribution in [3.63, 3.8) is 0 Å². The number of aromatic nitrogens is 1. The predicted molar refractivity (Wildman–Crippen MR) is 69.5 cm³/mol. The van der Waals surface area contributed by atoms with E-state index in [2.05, 4.69) is 4.98 Å². The van der Waals surface area contributed by atoms with E-state index < -0.39 is 16.1 Å². The molecule has 1 unspecified atom stereocenters. The van der Waals surface area contributed by atoms with E-state index in [1.165, 1.54) is 0 Å². The zero-order valence-corrected chi connectivity index (χ0v) is 10.7. The Hall–Kier alpha value is -1.01. The highest BCUT2D eigenvalue weighted by atomic mass is 32.2. The molecule has 0 amide bonds. The van der Waals surface area contributed by atoms with Crippen LogP contribution in [0.2, 0.25) is 0 Å². The zero-order valence-electron chi connectivity index (χ0n) is 9.90. The van der Waals surface area contributed by atoms with E-state index in [1.54, 1.807) is 0 Å². The van der Waals surface area contributed by atoms with E-state index in [1.807, 2.05) is 44.3 Å². The molecule has 0 aliphatic heterocycles. The molecule has 0 bridgehead atoms. The molecule has 4 nitrogen and oxygen atoms in total. The molecule has 1 atom stereocenters. The monoisotopic (exact) mass is 252 g/mol. The summed E-state index contributed by atoms with van der Waals surface area (Å²) in [6, 6.07) is 7.98. The standard InChI is InChI=1S/C12H16N2O2S/c1-12(2,17(16)14-15)7-9-8-13-11-6-4-3-5-10(9)11/h3-6,8,13H,7,14H2,1-2H3. The lowest BCUT2D eigenvalue weighted by molar-refractivity contribution is -0.418. The first kappa shape index (κ1) is 12.4.